The predicted octanol–water partition coefficient (Wildman–Crippen LogP) is 4.65. The minimum Gasteiger partial charge on any atom is -0.462 e. The molecule has 33 heavy (non-hydrogen) atoms. The van der Waals surface area contributed by atoms with Gasteiger partial charge in [-0.25, -0.2) is 4.79 Å². The van der Waals surface area contributed by atoms with Crippen LogP contribution in [0.2, 0.25) is 0 Å². The molecule has 0 saturated carbocycles. The van der Waals surface area contributed by atoms with Gasteiger partial charge in [0.05, 0.1) is 23.0 Å². The molecule has 2 N–H and O–H groups in total. The van der Waals surface area contributed by atoms with Crippen molar-refractivity contribution in [2.24, 2.45) is 0 Å². The number of esters is 1. The molecule has 8 nitrogen and oxygen atoms in total. The number of nitrogens with zero attached hydrogens (tertiary/aromatic N) is 1. The maximum atomic E-state index is 13.2. The highest BCUT2D eigenvalue weighted by Crippen LogP contribution is 2.42. The summed E-state index contributed by atoms with van der Waals surface area (Å²) in [6.45, 7) is 9.64. The fourth-order valence-electron chi connectivity index (χ4n) is 3.98. The van der Waals surface area contributed by atoms with Crippen LogP contribution in [0.3, 0.4) is 0 Å². The van der Waals surface area contributed by atoms with Crippen molar-refractivity contribution in [1.82, 2.24) is 10.6 Å². The number of nitro groups is 1. The Morgan fingerprint density at radius 1 is 1.15 bits per heavy atom. The number of dihydropyridines is 1. The van der Waals surface area contributed by atoms with E-state index in [9.17, 15) is 19.7 Å². The summed E-state index contributed by atoms with van der Waals surface area (Å²) < 4.78 is 5.55. The van der Waals surface area contributed by atoms with Crippen molar-refractivity contribution in [1.29, 1.82) is 0 Å². The molecule has 1 atom stereocenters. The van der Waals surface area contributed by atoms with Gasteiger partial charge in [-0.2, -0.15) is 0 Å². The van der Waals surface area contributed by atoms with Gasteiger partial charge in [0, 0.05) is 35.1 Å². The number of unbranched alkanes of at least 4 members (excludes halogenated alkanes) is 4. The molecule has 178 valence electrons. The fourth-order valence-corrected chi connectivity index (χ4v) is 3.98. The number of nitrogens with one attached hydrogen (secondary N) is 2. The van der Waals surface area contributed by atoms with E-state index in [2.05, 4.69) is 24.1 Å². The van der Waals surface area contributed by atoms with Crippen LogP contribution in [0.15, 0.2) is 59.5 Å². The number of hydrogen-bond donors (Lipinski definition) is 2. The van der Waals surface area contributed by atoms with Crippen LogP contribution in [0.1, 0.15) is 64.4 Å². The summed E-state index contributed by atoms with van der Waals surface area (Å²) in [6, 6.07) is 6.16. The Balaban J connectivity index is 2.45. The van der Waals surface area contributed by atoms with Crippen LogP contribution in [0.5, 0.6) is 0 Å². The number of allylic oxidation sites excluding steroid dienone is 2. The van der Waals surface area contributed by atoms with Gasteiger partial charge in [0.2, 0.25) is 5.91 Å². The summed E-state index contributed by atoms with van der Waals surface area (Å²) in [4.78, 5) is 37.5. The molecule has 1 unspecified atom stereocenters. The molecule has 0 aliphatic carbocycles. The lowest BCUT2D eigenvalue weighted by Gasteiger charge is -2.30. The van der Waals surface area contributed by atoms with Crippen LogP contribution >= 0.6 is 0 Å². The molecule has 0 bridgehead atoms. The number of para-hydroxylation sites is 1. The maximum Gasteiger partial charge on any atom is 0.336 e. The zero-order valence-electron chi connectivity index (χ0n) is 19.6. The van der Waals surface area contributed by atoms with Crippen molar-refractivity contribution in [3.8, 4) is 0 Å². The van der Waals surface area contributed by atoms with Gasteiger partial charge in [-0.15, -0.1) is 6.58 Å². The van der Waals surface area contributed by atoms with Crippen LogP contribution < -0.4 is 10.6 Å². The monoisotopic (exact) mass is 455 g/mol. The van der Waals surface area contributed by atoms with Crippen LogP contribution in [-0.2, 0) is 14.3 Å². The molecule has 1 heterocycles. The average molecular weight is 456 g/mol. The Morgan fingerprint density at radius 3 is 2.48 bits per heavy atom. The summed E-state index contributed by atoms with van der Waals surface area (Å²) in [5, 5.41) is 17.6. The van der Waals surface area contributed by atoms with Crippen molar-refractivity contribution < 1.29 is 19.2 Å². The first-order valence-electron chi connectivity index (χ1n) is 11.3. The topological polar surface area (TPSA) is 111 Å². The molecule has 0 spiro atoms. The first-order chi connectivity index (χ1) is 15.8. The van der Waals surface area contributed by atoms with Crippen LogP contribution in [0, 0.1) is 10.1 Å². The summed E-state index contributed by atoms with van der Waals surface area (Å²) in [5.41, 5.74) is 1.57. The van der Waals surface area contributed by atoms with E-state index in [4.69, 9.17) is 4.74 Å². The van der Waals surface area contributed by atoms with Gasteiger partial charge < -0.3 is 15.4 Å². The standard InChI is InChI=1S/C25H33N3O5/c1-5-7-8-9-12-16-33-25(30)22-18(4)27-17(3)21(24(29)26-15-6-2)23(22)19-13-10-11-14-20(19)28(31)32/h6,10-11,13-14,23,27H,2,5,7-9,12,15-16H2,1,3-4H3,(H,26,29). The van der Waals surface area contributed by atoms with Gasteiger partial charge in [0.1, 0.15) is 0 Å². The number of rotatable bonds is 12. The van der Waals surface area contributed by atoms with Gasteiger partial charge in [0.25, 0.3) is 5.69 Å². The zero-order valence-corrected chi connectivity index (χ0v) is 19.6. The summed E-state index contributed by atoms with van der Waals surface area (Å²) >= 11 is 0. The highest BCUT2D eigenvalue weighted by Gasteiger charge is 2.40. The van der Waals surface area contributed by atoms with E-state index >= 15 is 0 Å². The Labute approximate surface area is 194 Å². The second-order valence-electron chi connectivity index (χ2n) is 8.00. The lowest BCUT2D eigenvalue weighted by molar-refractivity contribution is -0.385. The Hall–Kier alpha value is -3.42. The predicted molar refractivity (Wildman–Crippen MR) is 127 cm³/mol. The van der Waals surface area contributed by atoms with Crippen molar-refractivity contribution in [3.05, 3.63) is 75.1 Å². The number of carbonyl (C=O) groups excluding carboxylic acids is 2. The van der Waals surface area contributed by atoms with Crippen LogP contribution in [0.25, 0.3) is 0 Å². The van der Waals surface area contributed by atoms with Crippen molar-refractivity contribution in [2.45, 2.75) is 58.8 Å². The third-order valence-electron chi connectivity index (χ3n) is 5.56. The molecule has 1 amide bonds. The van der Waals surface area contributed by atoms with Gasteiger partial charge in [-0.3, -0.25) is 14.9 Å². The molecule has 0 aromatic heterocycles. The van der Waals surface area contributed by atoms with E-state index in [0.717, 1.165) is 32.1 Å². The Bertz CT molecular complexity index is 965. The number of amides is 1. The first kappa shape index (κ1) is 25.8. The highest BCUT2D eigenvalue weighted by atomic mass is 16.6. The molecular weight excluding hydrogens is 422 g/mol. The number of benzene rings is 1. The normalized spacial score (nSPS) is 15.7. The molecule has 0 saturated heterocycles. The maximum absolute atomic E-state index is 13.2. The highest BCUT2D eigenvalue weighted by molar-refractivity contribution is 6.02. The van der Waals surface area contributed by atoms with E-state index in [0.29, 0.717) is 11.4 Å². The summed E-state index contributed by atoms with van der Waals surface area (Å²) in [6.07, 6.45) is 6.57. The average Bonchev–Trinajstić information content (AvgIpc) is 2.79. The van der Waals surface area contributed by atoms with E-state index in [1.807, 2.05) is 0 Å². The van der Waals surface area contributed by atoms with Gasteiger partial charge in [-0.05, 0) is 20.3 Å². The van der Waals surface area contributed by atoms with Crippen molar-refractivity contribution in [3.63, 3.8) is 0 Å². The lowest BCUT2D eigenvalue weighted by atomic mass is 9.79. The van der Waals surface area contributed by atoms with E-state index < -0.39 is 22.7 Å². The van der Waals surface area contributed by atoms with Crippen molar-refractivity contribution >= 4 is 17.6 Å². The fraction of sp³-hybridized carbons (Fsp3) is 0.440. The second kappa shape index (κ2) is 12.6. The minimum atomic E-state index is -0.940. The Morgan fingerprint density at radius 2 is 1.82 bits per heavy atom. The lowest BCUT2D eigenvalue weighted by Crippen LogP contribution is -2.36. The smallest absolute Gasteiger partial charge is 0.336 e. The molecule has 1 aromatic rings. The SMILES string of the molecule is C=CCNC(=O)C1=C(C)NC(C)=C(C(=O)OCCCCCCC)C1c1ccccc1[N+](=O)[O-]. The van der Waals surface area contributed by atoms with Crippen LogP contribution in [-0.4, -0.2) is 30.0 Å². The third kappa shape index (κ3) is 6.54. The molecule has 0 radical (unpaired) electrons. The molecule has 2 rings (SSSR count). The molecule has 1 aliphatic heterocycles. The Kier molecular flexibility index (Phi) is 9.84. The largest absolute Gasteiger partial charge is 0.462 e. The number of hydrogen-bond acceptors (Lipinski definition) is 6. The van der Waals surface area contributed by atoms with E-state index in [-0.39, 0.29) is 35.5 Å². The quantitative estimate of drug-likeness (QED) is 0.156. The number of carbonyl (C=O) groups is 2. The third-order valence-corrected chi connectivity index (χ3v) is 5.56. The van der Waals surface area contributed by atoms with Crippen LogP contribution in [0.4, 0.5) is 5.69 Å². The van der Waals surface area contributed by atoms with Gasteiger partial charge >= 0.3 is 5.97 Å². The van der Waals surface area contributed by atoms with Gasteiger partial charge in [0.15, 0.2) is 0 Å². The molecular formula is C25H33N3O5. The number of nitro benzene ring substituents is 1. The first-order valence-corrected chi connectivity index (χ1v) is 11.3. The van der Waals surface area contributed by atoms with E-state index in [1.165, 1.54) is 6.07 Å². The number of ether oxygens (including phenoxy) is 1. The molecule has 1 aromatic carbocycles. The second-order valence-corrected chi connectivity index (χ2v) is 8.00. The minimum absolute atomic E-state index is 0.163. The van der Waals surface area contributed by atoms with Crippen molar-refractivity contribution in [2.75, 3.05) is 13.2 Å². The van der Waals surface area contributed by atoms with Gasteiger partial charge in [-0.1, -0.05) is 56.9 Å². The molecule has 0 fully saturated rings. The summed E-state index contributed by atoms with van der Waals surface area (Å²) in [5.74, 6) is -1.95. The summed E-state index contributed by atoms with van der Waals surface area (Å²) in [7, 11) is 0. The zero-order chi connectivity index (χ0) is 24.4. The molecule has 8 heteroatoms. The van der Waals surface area contributed by atoms with E-state index in [1.54, 1.807) is 38.1 Å². The molecule has 1 aliphatic rings.